The summed E-state index contributed by atoms with van der Waals surface area (Å²) < 4.78 is 0. The van der Waals surface area contributed by atoms with Gasteiger partial charge in [-0.2, -0.15) is 0 Å². The average Bonchev–Trinajstić information content (AvgIpc) is 2.99. The van der Waals surface area contributed by atoms with Crippen LogP contribution in [0, 0.1) is 6.92 Å². The average molecular weight is 266 g/mol. The maximum Gasteiger partial charge on any atom is 0.234 e. The van der Waals surface area contributed by atoms with Crippen molar-refractivity contribution < 1.29 is 4.79 Å². The lowest BCUT2D eigenvalue weighted by Crippen LogP contribution is -2.40. The molecule has 1 N–H and O–H groups in total. The second-order valence-corrected chi connectivity index (χ2v) is 6.73. The quantitative estimate of drug-likeness (QED) is 0.858. The first-order chi connectivity index (χ1) is 8.54. The Morgan fingerprint density at radius 3 is 2.72 bits per heavy atom. The minimum atomic E-state index is 0.166. The van der Waals surface area contributed by atoms with Crippen molar-refractivity contribution in [1.29, 1.82) is 0 Å². The number of rotatable bonds is 6. The molecule has 1 amide bonds. The van der Waals surface area contributed by atoms with Gasteiger partial charge in [0, 0.05) is 28.4 Å². The zero-order valence-corrected chi connectivity index (χ0v) is 12.2. The number of thiophene rings is 1. The molecule has 0 spiro atoms. The van der Waals surface area contributed by atoms with Crippen molar-refractivity contribution in [2.24, 2.45) is 0 Å². The Hall–Kier alpha value is -0.870. The van der Waals surface area contributed by atoms with Crippen LogP contribution in [0.5, 0.6) is 0 Å². The van der Waals surface area contributed by atoms with E-state index >= 15 is 0 Å². The van der Waals surface area contributed by atoms with Crippen LogP contribution in [0.4, 0.5) is 0 Å². The summed E-state index contributed by atoms with van der Waals surface area (Å²) in [5.41, 5.74) is 0. The highest BCUT2D eigenvalue weighted by Gasteiger charge is 2.24. The standard InChI is InChI=1S/C14H22N2OS/c1-10(2)16(8-13-7-4-11(3)18-13)9-14(17)15-12-5-6-12/h4,7,10,12H,5-6,8-9H2,1-3H3,(H,15,17). The normalized spacial score (nSPS) is 15.4. The smallest absolute Gasteiger partial charge is 0.234 e. The second kappa shape index (κ2) is 5.85. The summed E-state index contributed by atoms with van der Waals surface area (Å²) in [4.78, 5) is 16.7. The predicted octanol–water partition coefficient (Wildman–Crippen LogP) is 2.55. The van der Waals surface area contributed by atoms with E-state index in [1.54, 1.807) is 0 Å². The zero-order valence-electron chi connectivity index (χ0n) is 11.4. The lowest BCUT2D eigenvalue weighted by atomic mass is 10.3. The summed E-state index contributed by atoms with van der Waals surface area (Å²) in [6.45, 7) is 7.78. The highest BCUT2D eigenvalue weighted by atomic mass is 32.1. The molecule has 1 saturated carbocycles. The molecule has 0 saturated heterocycles. The van der Waals surface area contributed by atoms with Crippen molar-refractivity contribution in [2.75, 3.05) is 6.54 Å². The van der Waals surface area contributed by atoms with Gasteiger partial charge in [0.25, 0.3) is 0 Å². The fourth-order valence-electron chi connectivity index (χ4n) is 1.88. The van der Waals surface area contributed by atoms with Gasteiger partial charge in [0.1, 0.15) is 0 Å². The van der Waals surface area contributed by atoms with Crippen molar-refractivity contribution in [1.82, 2.24) is 10.2 Å². The van der Waals surface area contributed by atoms with Gasteiger partial charge in [0.2, 0.25) is 5.91 Å². The van der Waals surface area contributed by atoms with Crippen molar-refractivity contribution in [3.05, 3.63) is 21.9 Å². The molecule has 0 atom stereocenters. The third-order valence-corrected chi connectivity index (χ3v) is 4.16. The minimum Gasteiger partial charge on any atom is -0.352 e. The molecule has 1 fully saturated rings. The molecule has 18 heavy (non-hydrogen) atoms. The Balaban J connectivity index is 1.88. The van der Waals surface area contributed by atoms with Crippen LogP contribution in [-0.4, -0.2) is 29.4 Å². The summed E-state index contributed by atoms with van der Waals surface area (Å²) in [7, 11) is 0. The third-order valence-electron chi connectivity index (χ3n) is 3.17. The molecule has 0 unspecified atom stereocenters. The fourth-order valence-corrected chi connectivity index (χ4v) is 2.79. The molecule has 1 aromatic heterocycles. The fraction of sp³-hybridized carbons (Fsp3) is 0.643. The van der Waals surface area contributed by atoms with Crippen LogP contribution in [-0.2, 0) is 11.3 Å². The highest BCUT2D eigenvalue weighted by Crippen LogP contribution is 2.20. The lowest BCUT2D eigenvalue weighted by Gasteiger charge is -2.25. The lowest BCUT2D eigenvalue weighted by molar-refractivity contribution is -0.122. The summed E-state index contributed by atoms with van der Waals surface area (Å²) in [5.74, 6) is 0.166. The monoisotopic (exact) mass is 266 g/mol. The van der Waals surface area contributed by atoms with Crippen LogP contribution in [0.2, 0.25) is 0 Å². The summed E-state index contributed by atoms with van der Waals surface area (Å²) in [5, 5.41) is 3.05. The predicted molar refractivity (Wildman–Crippen MR) is 75.8 cm³/mol. The van der Waals surface area contributed by atoms with Gasteiger partial charge in [-0.15, -0.1) is 11.3 Å². The summed E-state index contributed by atoms with van der Waals surface area (Å²) >= 11 is 1.81. The SMILES string of the molecule is Cc1ccc(CN(CC(=O)NC2CC2)C(C)C)s1. The molecule has 3 nitrogen and oxygen atoms in total. The van der Waals surface area contributed by atoms with Crippen molar-refractivity contribution in [3.8, 4) is 0 Å². The molecule has 4 heteroatoms. The van der Waals surface area contributed by atoms with Crippen LogP contribution in [0.25, 0.3) is 0 Å². The van der Waals surface area contributed by atoms with E-state index in [4.69, 9.17) is 0 Å². The van der Waals surface area contributed by atoms with Gasteiger partial charge >= 0.3 is 0 Å². The van der Waals surface area contributed by atoms with E-state index in [0.717, 1.165) is 19.4 Å². The molecular formula is C14H22N2OS. The number of amides is 1. The Bertz CT molecular complexity index is 410. The first-order valence-electron chi connectivity index (χ1n) is 6.63. The molecule has 100 valence electrons. The van der Waals surface area contributed by atoms with E-state index in [1.165, 1.54) is 9.75 Å². The second-order valence-electron chi connectivity index (χ2n) is 5.35. The Morgan fingerprint density at radius 1 is 1.50 bits per heavy atom. The van der Waals surface area contributed by atoms with E-state index in [2.05, 4.69) is 43.1 Å². The Morgan fingerprint density at radius 2 is 2.22 bits per heavy atom. The first-order valence-corrected chi connectivity index (χ1v) is 7.45. The van der Waals surface area contributed by atoms with Crippen LogP contribution in [0.1, 0.15) is 36.4 Å². The third kappa shape index (κ3) is 4.10. The van der Waals surface area contributed by atoms with Crippen LogP contribution in [0.3, 0.4) is 0 Å². The molecule has 1 aromatic rings. The van der Waals surface area contributed by atoms with Crippen LogP contribution >= 0.6 is 11.3 Å². The van der Waals surface area contributed by atoms with Gasteiger partial charge in [-0.25, -0.2) is 0 Å². The topological polar surface area (TPSA) is 32.3 Å². The van der Waals surface area contributed by atoms with Gasteiger partial charge in [0.05, 0.1) is 6.54 Å². The molecule has 1 aliphatic rings. The molecule has 1 heterocycles. The maximum absolute atomic E-state index is 11.9. The maximum atomic E-state index is 11.9. The number of hydrogen-bond acceptors (Lipinski definition) is 3. The van der Waals surface area contributed by atoms with Gasteiger partial charge < -0.3 is 5.32 Å². The number of nitrogens with zero attached hydrogens (tertiary/aromatic N) is 1. The highest BCUT2D eigenvalue weighted by molar-refractivity contribution is 7.11. The van der Waals surface area contributed by atoms with Gasteiger partial charge in [0.15, 0.2) is 0 Å². The van der Waals surface area contributed by atoms with Crippen LogP contribution < -0.4 is 5.32 Å². The number of carbonyl (C=O) groups excluding carboxylic acids is 1. The number of hydrogen-bond donors (Lipinski definition) is 1. The number of carbonyl (C=O) groups is 1. The molecule has 0 aliphatic heterocycles. The molecule has 0 bridgehead atoms. The van der Waals surface area contributed by atoms with E-state index in [1.807, 2.05) is 11.3 Å². The first kappa shape index (κ1) is 13.6. The molecule has 0 radical (unpaired) electrons. The number of aryl methyl sites for hydroxylation is 1. The van der Waals surface area contributed by atoms with Crippen LogP contribution in [0.15, 0.2) is 12.1 Å². The largest absolute Gasteiger partial charge is 0.352 e. The van der Waals surface area contributed by atoms with E-state index in [0.29, 0.717) is 18.6 Å². The molecule has 0 aromatic carbocycles. The van der Waals surface area contributed by atoms with Crippen molar-refractivity contribution >= 4 is 17.2 Å². The molecule has 2 rings (SSSR count). The van der Waals surface area contributed by atoms with E-state index < -0.39 is 0 Å². The summed E-state index contributed by atoms with van der Waals surface area (Å²) in [6.07, 6.45) is 2.30. The molecular weight excluding hydrogens is 244 g/mol. The van der Waals surface area contributed by atoms with Crippen molar-refractivity contribution in [2.45, 2.75) is 52.2 Å². The summed E-state index contributed by atoms with van der Waals surface area (Å²) in [6, 6.07) is 5.14. The van der Waals surface area contributed by atoms with Gasteiger partial charge in [-0.3, -0.25) is 9.69 Å². The van der Waals surface area contributed by atoms with Crippen molar-refractivity contribution in [3.63, 3.8) is 0 Å². The van der Waals surface area contributed by atoms with E-state index in [9.17, 15) is 4.79 Å². The minimum absolute atomic E-state index is 0.166. The van der Waals surface area contributed by atoms with E-state index in [-0.39, 0.29) is 5.91 Å². The zero-order chi connectivity index (χ0) is 13.1. The molecule has 1 aliphatic carbocycles. The Kier molecular flexibility index (Phi) is 4.40. The number of nitrogens with one attached hydrogen (secondary N) is 1. The van der Waals surface area contributed by atoms with Gasteiger partial charge in [-0.1, -0.05) is 0 Å². The van der Waals surface area contributed by atoms with Gasteiger partial charge in [-0.05, 0) is 45.7 Å². The Labute approximate surface area is 113 Å².